The van der Waals surface area contributed by atoms with Crippen molar-refractivity contribution in [3.05, 3.63) is 60.2 Å². The number of hydrogen-bond acceptors (Lipinski definition) is 6. The van der Waals surface area contributed by atoms with Gasteiger partial charge < -0.3 is 16.0 Å². The van der Waals surface area contributed by atoms with Gasteiger partial charge in [-0.1, -0.05) is 23.5 Å². The van der Waals surface area contributed by atoms with Gasteiger partial charge in [-0.15, -0.1) is 34.0 Å². The number of anilines is 2. The number of hydrogen-bond donors (Lipinski definition) is 3. The lowest BCUT2D eigenvalue weighted by Crippen LogP contribution is -2.25. The highest BCUT2D eigenvalue weighted by Gasteiger charge is 2.13. The Morgan fingerprint density at radius 1 is 1.03 bits per heavy atom. The first-order valence-electron chi connectivity index (χ1n) is 9.11. The molecule has 0 unspecified atom stereocenters. The Kier molecular flexibility index (Phi) is 9.64. The number of rotatable bonds is 5. The monoisotopic (exact) mass is 543 g/mol. The number of thiazole rings is 1. The van der Waals surface area contributed by atoms with Crippen molar-refractivity contribution in [3.8, 4) is 10.4 Å². The fourth-order valence-electron chi connectivity index (χ4n) is 3.20. The lowest BCUT2D eigenvalue weighted by Gasteiger charge is -2.14. The average molecular weight is 545 g/mol. The normalized spacial score (nSPS) is 14.4. The van der Waals surface area contributed by atoms with E-state index in [4.69, 9.17) is 0 Å². The van der Waals surface area contributed by atoms with Crippen LogP contribution in [-0.2, 0) is 6.42 Å². The summed E-state index contributed by atoms with van der Waals surface area (Å²) in [5.41, 5.74) is 2.22. The lowest BCUT2D eigenvalue weighted by molar-refractivity contribution is 0.497. The van der Waals surface area contributed by atoms with Gasteiger partial charge >= 0.3 is 0 Å². The number of pyridine rings is 1. The Labute approximate surface area is 195 Å². The molecule has 5 nitrogen and oxygen atoms in total. The third kappa shape index (κ3) is 6.82. The van der Waals surface area contributed by atoms with E-state index in [1.54, 1.807) is 18.3 Å². The minimum absolute atomic E-state index is 0. The van der Waals surface area contributed by atoms with Gasteiger partial charge in [0.1, 0.15) is 11.6 Å². The van der Waals surface area contributed by atoms with Crippen LogP contribution in [0.15, 0.2) is 48.8 Å². The summed E-state index contributed by atoms with van der Waals surface area (Å²) in [5, 5.41) is 11.0. The Morgan fingerprint density at radius 3 is 2.48 bits per heavy atom. The van der Waals surface area contributed by atoms with Crippen molar-refractivity contribution < 1.29 is 4.39 Å². The molecule has 3 heterocycles. The van der Waals surface area contributed by atoms with Gasteiger partial charge in [-0.2, -0.15) is 0 Å². The highest BCUT2D eigenvalue weighted by molar-refractivity contribution is 8.93. The zero-order chi connectivity index (χ0) is 18.5. The lowest BCUT2D eigenvalue weighted by atomic mass is 10.00. The second-order valence-corrected chi connectivity index (χ2v) is 7.72. The maximum Gasteiger partial charge on any atom is 0.188 e. The molecule has 9 heteroatoms. The van der Waals surface area contributed by atoms with Gasteiger partial charge in [0.05, 0.1) is 4.88 Å². The first-order valence-corrected chi connectivity index (χ1v) is 9.93. The van der Waals surface area contributed by atoms with E-state index in [1.807, 2.05) is 6.20 Å². The molecule has 4 rings (SSSR count). The summed E-state index contributed by atoms with van der Waals surface area (Å²) in [6.07, 6.45) is 4.65. The number of halogens is 3. The van der Waals surface area contributed by atoms with Crippen LogP contribution in [0.2, 0.25) is 0 Å². The van der Waals surface area contributed by atoms with E-state index in [0.717, 1.165) is 54.0 Å². The van der Waals surface area contributed by atoms with Crippen LogP contribution >= 0.6 is 45.3 Å². The summed E-state index contributed by atoms with van der Waals surface area (Å²) < 4.78 is 13.1. The second kappa shape index (κ2) is 11.7. The molecule has 0 atom stereocenters. The third-order valence-corrected chi connectivity index (χ3v) is 5.52. The van der Waals surface area contributed by atoms with Crippen LogP contribution in [-0.4, -0.2) is 36.1 Å². The van der Waals surface area contributed by atoms with Gasteiger partial charge in [0.25, 0.3) is 0 Å². The van der Waals surface area contributed by atoms with Gasteiger partial charge in [0, 0.05) is 25.5 Å². The molecule has 0 saturated carbocycles. The van der Waals surface area contributed by atoms with Gasteiger partial charge in [-0.3, -0.25) is 0 Å². The molecule has 0 radical (unpaired) electrons. The molecule has 1 aliphatic rings. The van der Waals surface area contributed by atoms with Gasteiger partial charge in [0.15, 0.2) is 5.13 Å². The molecule has 0 amide bonds. The first-order chi connectivity index (χ1) is 13.3. The molecule has 0 aliphatic carbocycles. The topological polar surface area (TPSA) is 61.9 Å². The quantitative estimate of drug-likeness (QED) is 0.438. The molecule has 29 heavy (non-hydrogen) atoms. The summed E-state index contributed by atoms with van der Waals surface area (Å²) in [6, 6.07) is 10.6. The van der Waals surface area contributed by atoms with Crippen molar-refractivity contribution in [1.29, 1.82) is 0 Å². The molecular weight excluding hydrogens is 521 g/mol. The van der Waals surface area contributed by atoms with E-state index >= 15 is 0 Å². The van der Waals surface area contributed by atoms with Crippen molar-refractivity contribution in [2.45, 2.75) is 6.42 Å². The SMILES string of the molecule is Br.Br.Fc1ccc(-c2cnc(Nc3cc(CC4CNCCNC4)ccn3)s2)cc1. The van der Waals surface area contributed by atoms with Gasteiger partial charge in [-0.05, 0) is 60.8 Å². The van der Waals surface area contributed by atoms with Crippen molar-refractivity contribution in [3.63, 3.8) is 0 Å². The van der Waals surface area contributed by atoms with Crippen LogP contribution in [0.25, 0.3) is 10.4 Å². The predicted molar refractivity (Wildman–Crippen MR) is 129 cm³/mol. The third-order valence-electron chi connectivity index (χ3n) is 4.56. The van der Waals surface area contributed by atoms with Crippen LogP contribution in [0, 0.1) is 11.7 Å². The summed E-state index contributed by atoms with van der Waals surface area (Å²) in [7, 11) is 0. The van der Waals surface area contributed by atoms with E-state index in [2.05, 4.69) is 38.1 Å². The Balaban J connectivity index is 0.00000150. The molecule has 0 bridgehead atoms. The molecule has 0 spiro atoms. The predicted octanol–water partition coefficient (Wildman–Crippen LogP) is 4.60. The molecule has 2 aromatic heterocycles. The van der Waals surface area contributed by atoms with Crippen LogP contribution in [0.3, 0.4) is 0 Å². The van der Waals surface area contributed by atoms with Crippen LogP contribution in [0.4, 0.5) is 15.3 Å². The Bertz CT molecular complexity index is 883. The van der Waals surface area contributed by atoms with Crippen LogP contribution in [0.1, 0.15) is 5.56 Å². The highest BCUT2D eigenvalue weighted by atomic mass is 79.9. The molecule has 3 aromatic rings. The van der Waals surface area contributed by atoms with E-state index < -0.39 is 0 Å². The molecule has 156 valence electrons. The largest absolute Gasteiger partial charge is 0.316 e. The fourth-order valence-corrected chi connectivity index (χ4v) is 4.03. The minimum atomic E-state index is -0.235. The zero-order valence-electron chi connectivity index (χ0n) is 15.7. The van der Waals surface area contributed by atoms with E-state index in [9.17, 15) is 4.39 Å². The molecule has 3 N–H and O–H groups in total. The Morgan fingerprint density at radius 2 is 1.76 bits per heavy atom. The van der Waals surface area contributed by atoms with Gasteiger partial charge in [-0.25, -0.2) is 14.4 Å². The highest BCUT2D eigenvalue weighted by Crippen LogP contribution is 2.30. The van der Waals surface area contributed by atoms with E-state index in [1.165, 1.54) is 29.0 Å². The maximum absolute atomic E-state index is 13.1. The van der Waals surface area contributed by atoms with Crippen molar-refractivity contribution >= 4 is 56.2 Å². The molecule has 1 saturated heterocycles. The first kappa shape index (κ1) is 23.9. The smallest absolute Gasteiger partial charge is 0.188 e. The summed E-state index contributed by atoms with van der Waals surface area (Å²) in [6.45, 7) is 4.12. The number of benzene rings is 1. The summed E-state index contributed by atoms with van der Waals surface area (Å²) in [4.78, 5) is 9.83. The number of nitrogens with zero attached hydrogens (tertiary/aromatic N) is 2. The van der Waals surface area contributed by atoms with Crippen molar-refractivity contribution in [2.24, 2.45) is 5.92 Å². The molecule has 1 aliphatic heterocycles. The van der Waals surface area contributed by atoms with Crippen molar-refractivity contribution in [1.82, 2.24) is 20.6 Å². The standard InChI is InChI=1S/C20H22FN5S.2BrH/c21-17-3-1-16(2-4-17)18-13-25-20(27-18)26-19-10-14(5-6-24-19)9-15-11-22-7-8-23-12-15;;/h1-6,10,13,15,22-23H,7-9,11-12H2,(H,24,25,26);2*1H. The summed E-state index contributed by atoms with van der Waals surface area (Å²) >= 11 is 1.53. The van der Waals surface area contributed by atoms with Crippen LogP contribution < -0.4 is 16.0 Å². The zero-order valence-corrected chi connectivity index (χ0v) is 20.0. The second-order valence-electron chi connectivity index (χ2n) is 6.69. The number of aromatic nitrogens is 2. The molecule has 1 fully saturated rings. The summed E-state index contributed by atoms with van der Waals surface area (Å²) in [5.74, 6) is 1.14. The van der Waals surface area contributed by atoms with Crippen molar-refractivity contribution in [2.75, 3.05) is 31.5 Å². The fraction of sp³-hybridized carbons (Fsp3) is 0.300. The van der Waals surface area contributed by atoms with Crippen LogP contribution in [0.5, 0.6) is 0 Å². The van der Waals surface area contributed by atoms with E-state index in [0.29, 0.717) is 5.92 Å². The Hall–Kier alpha value is -1.39. The number of nitrogens with one attached hydrogen (secondary N) is 3. The average Bonchev–Trinajstić information content (AvgIpc) is 2.98. The molecular formula is C20H24Br2FN5S. The molecule has 1 aromatic carbocycles. The maximum atomic E-state index is 13.1. The van der Waals surface area contributed by atoms with E-state index in [-0.39, 0.29) is 39.8 Å². The van der Waals surface area contributed by atoms with Gasteiger partial charge in [0.2, 0.25) is 0 Å². The minimum Gasteiger partial charge on any atom is -0.316 e.